The summed E-state index contributed by atoms with van der Waals surface area (Å²) >= 11 is 0. The molecule has 1 aliphatic carbocycles. The number of anilines is 1. The molecule has 0 fully saturated rings. The second-order valence-electron chi connectivity index (χ2n) is 7.74. The first-order valence-corrected chi connectivity index (χ1v) is 9.88. The smallest absolute Gasteiger partial charge is 0.337 e. The molecule has 4 nitrogen and oxygen atoms in total. The molecule has 1 spiro atoms. The predicted molar refractivity (Wildman–Crippen MR) is 110 cm³/mol. The summed E-state index contributed by atoms with van der Waals surface area (Å²) in [6, 6.07) is 14.9. The van der Waals surface area contributed by atoms with Gasteiger partial charge in [-0.3, -0.25) is 4.79 Å². The molecule has 4 rings (SSSR count). The van der Waals surface area contributed by atoms with Crippen LogP contribution in [0, 0.1) is 5.41 Å². The number of ether oxygens (including phenoxy) is 1. The molecular formula is C24H25NO3. The summed E-state index contributed by atoms with van der Waals surface area (Å²) in [5.74, 6) is -0.425. The molecule has 2 aromatic rings. The minimum atomic E-state index is -0.398. The number of hydrogen-bond donors (Lipinski definition) is 0. The maximum atomic E-state index is 13.3. The van der Waals surface area contributed by atoms with Gasteiger partial charge in [0, 0.05) is 17.8 Å². The van der Waals surface area contributed by atoms with Crippen LogP contribution in [0.25, 0.3) is 0 Å². The molecular weight excluding hydrogens is 350 g/mol. The molecule has 1 heterocycles. The Morgan fingerprint density at radius 1 is 1.00 bits per heavy atom. The largest absolute Gasteiger partial charge is 0.465 e. The molecule has 1 atom stereocenters. The van der Waals surface area contributed by atoms with Crippen LogP contribution in [-0.4, -0.2) is 25.5 Å². The van der Waals surface area contributed by atoms with Crippen molar-refractivity contribution in [1.29, 1.82) is 0 Å². The molecule has 0 saturated heterocycles. The molecule has 0 N–H and O–H groups in total. The van der Waals surface area contributed by atoms with Gasteiger partial charge in [0.2, 0.25) is 0 Å². The number of rotatable bonds is 2. The summed E-state index contributed by atoms with van der Waals surface area (Å²) < 4.78 is 4.74. The molecule has 0 radical (unpaired) electrons. The summed E-state index contributed by atoms with van der Waals surface area (Å²) in [5.41, 5.74) is 3.41. The number of nitrogens with zero attached hydrogens (tertiary/aromatic N) is 1. The third-order valence-electron chi connectivity index (χ3n) is 5.97. The number of allylic oxidation sites excluding steroid dienone is 2. The summed E-state index contributed by atoms with van der Waals surface area (Å²) in [5, 5.41) is 0. The van der Waals surface area contributed by atoms with Gasteiger partial charge in [0.1, 0.15) is 0 Å². The fourth-order valence-corrected chi connectivity index (χ4v) is 4.42. The third kappa shape index (κ3) is 3.47. The lowest BCUT2D eigenvalue weighted by Gasteiger charge is -2.32. The zero-order valence-corrected chi connectivity index (χ0v) is 16.2. The molecule has 28 heavy (non-hydrogen) atoms. The fourth-order valence-electron chi connectivity index (χ4n) is 4.42. The summed E-state index contributed by atoms with van der Waals surface area (Å²) in [6.45, 7) is 0.693. The van der Waals surface area contributed by atoms with Crippen LogP contribution in [0.5, 0.6) is 0 Å². The van der Waals surface area contributed by atoms with Crippen LogP contribution < -0.4 is 4.90 Å². The van der Waals surface area contributed by atoms with E-state index in [4.69, 9.17) is 4.74 Å². The quantitative estimate of drug-likeness (QED) is 0.560. The Morgan fingerprint density at radius 2 is 1.75 bits per heavy atom. The minimum Gasteiger partial charge on any atom is -0.465 e. The van der Waals surface area contributed by atoms with Crippen LogP contribution >= 0.6 is 0 Å². The van der Waals surface area contributed by atoms with Gasteiger partial charge in [-0.15, -0.1) is 0 Å². The topological polar surface area (TPSA) is 46.6 Å². The van der Waals surface area contributed by atoms with E-state index in [2.05, 4.69) is 24.3 Å². The van der Waals surface area contributed by atoms with Gasteiger partial charge in [0.05, 0.1) is 12.7 Å². The van der Waals surface area contributed by atoms with Crippen molar-refractivity contribution < 1.29 is 14.3 Å². The van der Waals surface area contributed by atoms with E-state index in [0.717, 1.165) is 24.9 Å². The summed E-state index contributed by atoms with van der Waals surface area (Å²) in [4.78, 5) is 26.9. The fraction of sp³-hybridized carbons (Fsp3) is 0.333. The van der Waals surface area contributed by atoms with Crippen molar-refractivity contribution in [2.75, 3.05) is 18.6 Å². The Kier molecular flexibility index (Phi) is 5.03. The van der Waals surface area contributed by atoms with Gasteiger partial charge in [-0.05, 0) is 73.4 Å². The maximum absolute atomic E-state index is 13.3. The highest BCUT2D eigenvalue weighted by molar-refractivity contribution is 6.07. The van der Waals surface area contributed by atoms with Crippen molar-refractivity contribution in [1.82, 2.24) is 0 Å². The lowest BCUT2D eigenvalue weighted by atomic mass is 9.72. The average molecular weight is 375 g/mol. The molecule has 0 saturated carbocycles. The van der Waals surface area contributed by atoms with Crippen LogP contribution in [0.1, 0.15) is 52.0 Å². The van der Waals surface area contributed by atoms with Crippen LogP contribution in [-0.2, 0) is 11.2 Å². The highest BCUT2D eigenvalue weighted by Crippen LogP contribution is 2.43. The number of para-hydroxylation sites is 1. The third-order valence-corrected chi connectivity index (χ3v) is 5.97. The maximum Gasteiger partial charge on any atom is 0.337 e. The molecule has 144 valence electrons. The first-order chi connectivity index (χ1) is 13.6. The summed E-state index contributed by atoms with van der Waals surface area (Å²) in [6.07, 6.45) is 10.2. The lowest BCUT2D eigenvalue weighted by molar-refractivity contribution is 0.0600. The second kappa shape index (κ2) is 7.63. The van der Waals surface area contributed by atoms with E-state index >= 15 is 0 Å². The normalized spacial score (nSPS) is 21.1. The second-order valence-corrected chi connectivity index (χ2v) is 7.74. The Hall–Kier alpha value is -2.88. The minimum absolute atomic E-state index is 0.0271. The monoisotopic (exact) mass is 375 g/mol. The van der Waals surface area contributed by atoms with E-state index in [1.54, 1.807) is 24.3 Å². The van der Waals surface area contributed by atoms with E-state index in [1.807, 2.05) is 17.0 Å². The molecule has 2 aliphatic rings. The highest BCUT2D eigenvalue weighted by atomic mass is 16.5. The highest BCUT2D eigenvalue weighted by Gasteiger charge is 2.35. The average Bonchev–Trinajstić information content (AvgIpc) is 2.90. The van der Waals surface area contributed by atoms with Crippen molar-refractivity contribution in [3.05, 3.63) is 77.4 Å². The van der Waals surface area contributed by atoms with Gasteiger partial charge in [0.25, 0.3) is 5.91 Å². The number of esters is 1. The van der Waals surface area contributed by atoms with Gasteiger partial charge >= 0.3 is 5.97 Å². The number of methoxy groups -OCH3 is 1. The Labute approximate surface area is 165 Å². The number of carbonyl (C=O) groups is 2. The van der Waals surface area contributed by atoms with Crippen LogP contribution in [0.2, 0.25) is 0 Å². The van der Waals surface area contributed by atoms with E-state index in [0.29, 0.717) is 17.7 Å². The van der Waals surface area contributed by atoms with E-state index in [1.165, 1.54) is 25.5 Å². The first-order valence-electron chi connectivity index (χ1n) is 9.88. The van der Waals surface area contributed by atoms with Crippen LogP contribution in [0.4, 0.5) is 5.69 Å². The molecule has 0 aromatic heterocycles. The van der Waals surface area contributed by atoms with Crippen molar-refractivity contribution >= 4 is 17.6 Å². The molecule has 1 amide bonds. The van der Waals surface area contributed by atoms with Crippen molar-refractivity contribution in [3.63, 3.8) is 0 Å². The predicted octanol–water partition coefficient (Wildman–Crippen LogP) is 4.79. The van der Waals surface area contributed by atoms with Gasteiger partial charge in [-0.1, -0.05) is 30.4 Å². The van der Waals surface area contributed by atoms with Gasteiger partial charge in [-0.2, -0.15) is 0 Å². The molecule has 4 heteroatoms. The zero-order chi connectivity index (χ0) is 19.6. The van der Waals surface area contributed by atoms with E-state index < -0.39 is 5.97 Å². The number of benzene rings is 2. The molecule has 0 bridgehead atoms. The Balaban J connectivity index is 1.65. The first kappa shape index (κ1) is 18.5. The SMILES string of the molecule is COC(=O)c1ccc(C(=O)N2CCC3(C=CCCC3)Cc3ccccc32)cc1. The van der Waals surface area contributed by atoms with E-state index in [9.17, 15) is 9.59 Å². The van der Waals surface area contributed by atoms with Crippen LogP contribution in [0.15, 0.2) is 60.7 Å². The lowest BCUT2D eigenvalue weighted by Crippen LogP contribution is -2.33. The van der Waals surface area contributed by atoms with E-state index in [-0.39, 0.29) is 11.3 Å². The molecule has 2 aromatic carbocycles. The standard InChI is InChI=1S/C24H25NO3/c1-28-23(27)19-11-9-18(10-12-19)22(26)25-16-15-24(13-5-2-6-14-24)17-20-7-3-4-8-21(20)25/h3-5,7-13H,2,6,14-17H2,1H3. The van der Waals surface area contributed by atoms with Gasteiger partial charge in [-0.25, -0.2) is 4.79 Å². The molecule has 1 unspecified atom stereocenters. The van der Waals surface area contributed by atoms with Crippen molar-refractivity contribution in [2.45, 2.75) is 32.1 Å². The number of carbonyl (C=O) groups excluding carboxylic acids is 2. The summed E-state index contributed by atoms with van der Waals surface area (Å²) in [7, 11) is 1.35. The van der Waals surface area contributed by atoms with Gasteiger partial charge < -0.3 is 9.64 Å². The molecule has 1 aliphatic heterocycles. The zero-order valence-electron chi connectivity index (χ0n) is 16.2. The number of amides is 1. The Morgan fingerprint density at radius 3 is 2.46 bits per heavy atom. The van der Waals surface area contributed by atoms with Crippen LogP contribution in [0.3, 0.4) is 0 Å². The number of fused-ring (bicyclic) bond motifs is 1. The van der Waals surface area contributed by atoms with Crippen molar-refractivity contribution in [2.24, 2.45) is 5.41 Å². The van der Waals surface area contributed by atoms with Gasteiger partial charge in [0.15, 0.2) is 0 Å². The Bertz CT molecular complexity index is 916. The number of hydrogen-bond acceptors (Lipinski definition) is 3. The van der Waals surface area contributed by atoms with Crippen molar-refractivity contribution in [3.8, 4) is 0 Å².